The molecule has 100 valence electrons. The third-order valence-corrected chi connectivity index (χ3v) is 1.57. The molecule has 0 aromatic rings. The van der Waals surface area contributed by atoms with Crippen molar-refractivity contribution in [2.45, 2.75) is 19.0 Å². The molecule has 9 heteroatoms. The fraction of sp³-hybridized carbons (Fsp3) is 0.750. The monoisotopic (exact) mass is 257 g/mol. The number of ether oxygens (including phenoxy) is 1. The lowest BCUT2D eigenvalue weighted by atomic mass is 10.3. The Labute approximate surface area is 95.6 Å². The van der Waals surface area contributed by atoms with Crippen LogP contribution in [-0.2, 0) is 9.53 Å². The average Bonchev–Trinajstić information content (AvgIpc) is 2.23. The molecule has 0 radical (unpaired) electrons. The van der Waals surface area contributed by atoms with E-state index in [-0.39, 0.29) is 31.8 Å². The third-order valence-electron chi connectivity index (χ3n) is 1.57. The predicted molar refractivity (Wildman–Crippen MR) is 52.5 cm³/mol. The van der Waals surface area contributed by atoms with E-state index in [0.717, 1.165) is 0 Å². The van der Waals surface area contributed by atoms with Gasteiger partial charge in [-0.25, -0.2) is 0 Å². The Hall–Kier alpha value is -1.51. The van der Waals surface area contributed by atoms with Gasteiger partial charge in [0.25, 0.3) is 0 Å². The predicted octanol–water partition coefficient (Wildman–Crippen LogP) is 0.208. The number of alkyl halides is 3. The molecule has 0 spiro atoms. The van der Waals surface area contributed by atoms with Crippen LogP contribution in [-0.4, -0.2) is 42.9 Å². The minimum Gasteiger partial charge on any atom is -0.409 e. The van der Waals surface area contributed by atoms with Crippen molar-refractivity contribution < 1.29 is 27.9 Å². The molecule has 4 N–H and O–H groups in total. The van der Waals surface area contributed by atoms with Gasteiger partial charge in [0.05, 0.1) is 6.61 Å². The van der Waals surface area contributed by atoms with Crippen LogP contribution in [0.4, 0.5) is 13.2 Å². The van der Waals surface area contributed by atoms with E-state index in [0.29, 0.717) is 0 Å². The van der Waals surface area contributed by atoms with E-state index in [4.69, 9.17) is 10.9 Å². The second-order valence-corrected chi connectivity index (χ2v) is 3.11. The molecule has 1 amide bonds. The summed E-state index contributed by atoms with van der Waals surface area (Å²) in [6, 6.07) is 0. The van der Waals surface area contributed by atoms with Crippen LogP contribution in [0.3, 0.4) is 0 Å². The highest BCUT2D eigenvalue weighted by atomic mass is 19.4. The molecule has 0 aliphatic rings. The highest BCUT2D eigenvalue weighted by Crippen LogP contribution is 2.14. The van der Waals surface area contributed by atoms with Crippen molar-refractivity contribution >= 4 is 11.7 Å². The van der Waals surface area contributed by atoms with E-state index < -0.39 is 18.7 Å². The molecule has 0 unspecified atom stereocenters. The molecule has 6 nitrogen and oxygen atoms in total. The number of hydrogen-bond donors (Lipinski definition) is 3. The van der Waals surface area contributed by atoms with E-state index in [1.165, 1.54) is 0 Å². The maximum Gasteiger partial charge on any atom is 0.411 e. The number of nitrogens with zero attached hydrogens (tertiary/aromatic N) is 1. The molecule has 0 fully saturated rings. The SMILES string of the molecule is NC(CCNC(=O)CCOCC(F)(F)F)=NO. The van der Waals surface area contributed by atoms with Crippen LogP contribution in [0.1, 0.15) is 12.8 Å². The van der Waals surface area contributed by atoms with Crippen molar-refractivity contribution in [1.82, 2.24) is 5.32 Å². The number of halogens is 3. The molecule has 0 heterocycles. The Balaban J connectivity index is 3.48. The zero-order valence-corrected chi connectivity index (χ0v) is 8.96. The first-order chi connectivity index (χ1) is 7.85. The van der Waals surface area contributed by atoms with Crippen molar-refractivity contribution in [2.75, 3.05) is 19.8 Å². The van der Waals surface area contributed by atoms with Crippen molar-refractivity contribution in [3.05, 3.63) is 0 Å². The summed E-state index contributed by atoms with van der Waals surface area (Å²) in [5.41, 5.74) is 5.13. The lowest BCUT2D eigenvalue weighted by molar-refractivity contribution is -0.174. The Morgan fingerprint density at radius 2 is 2.06 bits per heavy atom. The lowest BCUT2D eigenvalue weighted by Crippen LogP contribution is -2.29. The number of nitrogens with one attached hydrogen (secondary N) is 1. The second kappa shape index (κ2) is 7.71. The van der Waals surface area contributed by atoms with Crippen molar-refractivity contribution in [2.24, 2.45) is 10.9 Å². The van der Waals surface area contributed by atoms with Gasteiger partial charge in [-0.1, -0.05) is 5.16 Å². The van der Waals surface area contributed by atoms with Gasteiger partial charge in [0.1, 0.15) is 12.4 Å². The van der Waals surface area contributed by atoms with Crippen LogP contribution < -0.4 is 11.1 Å². The van der Waals surface area contributed by atoms with Gasteiger partial charge in [-0.15, -0.1) is 0 Å². The number of amidine groups is 1. The van der Waals surface area contributed by atoms with E-state index in [2.05, 4.69) is 15.2 Å². The highest BCUT2D eigenvalue weighted by molar-refractivity contribution is 5.81. The fourth-order valence-electron chi connectivity index (χ4n) is 0.821. The standard InChI is InChI=1S/C8H14F3N3O3/c9-8(10,11)5-17-4-2-7(15)13-3-1-6(12)14-16/h16H,1-5H2,(H2,12,14)(H,13,15). The number of hydrogen-bond acceptors (Lipinski definition) is 4. The van der Waals surface area contributed by atoms with E-state index in [1.54, 1.807) is 0 Å². The largest absolute Gasteiger partial charge is 0.411 e. The summed E-state index contributed by atoms with van der Waals surface area (Å²) in [6.45, 7) is -1.53. The maximum absolute atomic E-state index is 11.6. The quantitative estimate of drug-likeness (QED) is 0.200. The molecule has 0 aliphatic carbocycles. The van der Waals surface area contributed by atoms with Crippen LogP contribution in [0.5, 0.6) is 0 Å². The van der Waals surface area contributed by atoms with Crippen LogP contribution in [0.25, 0.3) is 0 Å². The van der Waals surface area contributed by atoms with Crippen molar-refractivity contribution in [3.8, 4) is 0 Å². The highest BCUT2D eigenvalue weighted by Gasteiger charge is 2.27. The Morgan fingerprint density at radius 1 is 1.41 bits per heavy atom. The Kier molecular flexibility index (Phi) is 7.03. The molecular formula is C8H14F3N3O3. The zero-order chi connectivity index (χ0) is 13.3. The van der Waals surface area contributed by atoms with Crippen LogP contribution in [0, 0.1) is 0 Å². The summed E-state index contributed by atoms with van der Waals surface area (Å²) in [5, 5.41) is 13.2. The van der Waals surface area contributed by atoms with Gasteiger partial charge in [0.2, 0.25) is 5.91 Å². The van der Waals surface area contributed by atoms with Gasteiger partial charge < -0.3 is 21.0 Å². The fourth-order valence-corrected chi connectivity index (χ4v) is 0.821. The smallest absolute Gasteiger partial charge is 0.409 e. The number of rotatable bonds is 7. The third kappa shape index (κ3) is 10.8. The van der Waals surface area contributed by atoms with Gasteiger partial charge in [-0.05, 0) is 0 Å². The lowest BCUT2D eigenvalue weighted by Gasteiger charge is -2.07. The molecule has 0 aromatic heterocycles. The molecule has 0 aromatic carbocycles. The minimum atomic E-state index is -4.39. The van der Waals surface area contributed by atoms with Gasteiger partial charge in [0.15, 0.2) is 0 Å². The maximum atomic E-state index is 11.6. The summed E-state index contributed by atoms with van der Waals surface area (Å²) >= 11 is 0. The molecule has 0 aliphatic heterocycles. The summed E-state index contributed by atoms with van der Waals surface area (Å²) in [6.07, 6.45) is -4.40. The zero-order valence-electron chi connectivity index (χ0n) is 8.96. The second-order valence-electron chi connectivity index (χ2n) is 3.11. The molecular weight excluding hydrogens is 243 g/mol. The first kappa shape index (κ1) is 15.5. The van der Waals surface area contributed by atoms with Gasteiger partial charge in [-0.2, -0.15) is 13.2 Å². The van der Waals surface area contributed by atoms with Gasteiger partial charge >= 0.3 is 6.18 Å². The first-order valence-electron chi connectivity index (χ1n) is 4.72. The Bertz CT molecular complexity index is 268. The molecule has 0 bridgehead atoms. The van der Waals surface area contributed by atoms with Gasteiger partial charge in [0, 0.05) is 19.4 Å². The van der Waals surface area contributed by atoms with Crippen LogP contribution in [0.2, 0.25) is 0 Å². The summed E-state index contributed by atoms with van der Waals surface area (Å²) in [5.74, 6) is -0.503. The minimum absolute atomic E-state index is 0.0429. The van der Waals surface area contributed by atoms with Crippen LogP contribution >= 0.6 is 0 Å². The van der Waals surface area contributed by atoms with Gasteiger partial charge in [-0.3, -0.25) is 4.79 Å². The number of carbonyl (C=O) groups excluding carboxylic acids is 1. The summed E-state index contributed by atoms with van der Waals surface area (Å²) in [4.78, 5) is 11.0. The van der Waals surface area contributed by atoms with E-state index >= 15 is 0 Å². The van der Waals surface area contributed by atoms with Crippen LogP contribution in [0.15, 0.2) is 5.16 Å². The normalized spacial score (nSPS) is 12.5. The Morgan fingerprint density at radius 3 is 2.59 bits per heavy atom. The number of carbonyl (C=O) groups is 1. The van der Waals surface area contributed by atoms with Crippen molar-refractivity contribution in [1.29, 1.82) is 0 Å². The molecule has 0 saturated carbocycles. The topological polar surface area (TPSA) is 96.9 Å². The van der Waals surface area contributed by atoms with E-state index in [9.17, 15) is 18.0 Å². The first-order valence-corrected chi connectivity index (χ1v) is 4.72. The summed E-state index contributed by atoms with van der Waals surface area (Å²) < 4.78 is 39.1. The number of oxime groups is 1. The van der Waals surface area contributed by atoms with E-state index in [1.807, 2.05) is 0 Å². The molecule has 17 heavy (non-hydrogen) atoms. The number of nitrogens with two attached hydrogens (primary N) is 1. The average molecular weight is 257 g/mol. The molecule has 0 atom stereocenters. The number of amides is 1. The van der Waals surface area contributed by atoms with Crippen molar-refractivity contribution in [3.63, 3.8) is 0 Å². The summed E-state index contributed by atoms with van der Waals surface area (Å²) in [7, 11) is 0. The molecule has 0 rings (SSSR count). The molecule has 0 saturated heterocycles.